The van der Waals surface area contributed by atoms with E-state index in [4.69, 9.17) is 16.0 Å². The number of imidazole rings is 1. The van der Waals surface area contributed by atoms with Crippen molar-refractivity contribution in [2.45, 2.75) is 20.8 Å². The first kappa shape index (κ1) is 20.6. The number of nitrogens with zero attached hydrogens (tertiary/aromatic N) is 2. The minimum Gasteiger partial charge on any atom is -0.459 e. The molecule has 0 fully saturated rings. The summed E-state index contributed by atoms with van der Waals surface area (Å²) < 4.78 is 5.24. The van der Waals surface area contributed by atoms with E-state index in [2.05, 4.69) is 25.6 Å². The Balaban J connectivity index is 1.61. The van der Waals surface area contributed by atoms with E-state index in [0.29, 0.717) is 38.9 Å². The molecule has 0 aliphatic carbocycles. The molecule has 0 spiro atoms. The van der Waals surface area contributed by atoms with Crippen molar-refractivity contribution in [2.24, 2.45) is 5.92 Å². The maximum atomic E-state index is 12.4. The van der Waals surface area contributed by atoms with Crippen LogP contribution in [-0.4, -0.2) is 26.8 Å². The summed E-state index contributed by atoms with van der Waals surface area (Å²) in [6.45, 7) is 5.47. The second-order valence-corrected chi connectivity index (χ2v) is 7.87. The fraction of sp³-hybridized carbons (Fsp3) is 0.182. The van der Waals surface area contributed by atoms with Gasteiger partial charge in [-0.3, -0.25) is 9.59 Å². The van der Waals surface area contributed by atoms with Gasteiger partial charge in [-0.2, -0.15) is 0 Å². The van der Waals surface area contributed by atoms with E-state index in [1.165, 1.54) is 6.26 Å². The molecular weight excluding hydrogens is 418 g/mol. The maximum absolute atomic E-state index is 12.4. The molecule has 8 nitrogen and oxygen atoms in total. The number of benzene rings is 1. The summed E-state index contributed by atoms with van der Waals surface area (Å²) in [5.41, 5.74) is 3.70. The number of carbonyl (C=O) groups excluding carboxylic acids is 2. The number of amides is 2. The molecule has 4 rings (SSSR count). The molecule has 0 saturated heterocycles. The summed E-state index contributed by atoms with van der Waals surface area (Å²) in [6, 6.07) is 8.51. The summed E-state index contributed by atoms with van der Waals surface area (Å²) in [7, 11) is 0. The Hall–Kier alpha value is -3.65. The first-order chi connectivity index (χ1) is 14.8. The van der Waals surface area contributed by atoms with Gasteiger partial charge in [0.05, 0.1) is 28.7 Å². The Labute approximate surface area is 183 Å². The van der Waals surface area contributed by atoms with Crippen molar-refractivity contribution in [3.05, 3.63) is 59.1 Å². The molecule has 3 heterocycles. The molecule has 4 aromatic rings. The zero-order valence-electron chi connectivity index (χ0n) is 17.1. The molecule has 158 valence electrons. The molecule has 0 unspecified atom stereocenters. The zero-order chi connectivity index (χ0) is 22.1. The number of carbonyl (C=O) groups is 2. The molecule has 0 atom stereocenters. The minimum atomic E-state index is -0.363. The number of anilines is 2. The SMILES string of the molecule is Cc1coc(C(=O)Nc2ccc(Cl)c(-c3nc4ncc(NC(=O)C(C)C)cc4[nH]3)c2)c1. The predicted octanol–water partition coefficient (Wildman–Crippen LogP) is 5.03. The van der Waals surface area contributed by atoms with Crippen molar-refractivity contribution in [3.8, 4) is 11.4 Å². The summed E-state index contributed by atoms with van der Waals surface area (Å²) in [5.74, 6) is 0.106. The lowest BCUT2D eigenvalue weighted by atomic mass is 10.2. The number of aryl methyl sites for hydroxylation is 1. The Morgan fingerprint density at radius 2 is 1.94 bits per heavy atom. The van der Waals surface area contributed by atoms with Crippen LogP contribution in [0.5, 0.6) is 0 Å². The summed E-state index contributed by atoms with van der Waals surface area (Å²) in [5, 5.41) is 6.06. The standard InChI is InChI=1S/C22H20ClN5O3/c1-11(2)21(29)26-14-8-17-20(24-9-14)28-19(27-17)15-7-13(4-5-16(15)23)25-22(30)18-6-12(3)10-31-18/h4-11H,1-3H3,(H,25,30)(H,26,29)(H,24,27,28). The number of pyridine rings is 1. The third-order valence-electron chi connectivity index (χ3n) is 4.56. The van der Waals surface area contributed by atoms with Gasteiger partial charge in [0.25, 0.3) is 5.91 Å². The van der Waals surface area contributed by atoms with Crippen molar-refractivity contribution in [2.75, 3.05) is 10.6 Å². The molecule has 3 aromatic heterocycles. The first-order valence-corrected chi connectivity index (χ1v) is 10.0. The van der Waals surface area contributed by atoms with Crippen molar-refractivity contribution < 1.29 is 14.0 Å². The highest BCUT2D eigenvalue weighted by Crippen LogP contribution is 2.30. The van der Waals surface area contributed by atoms with Gasteiger partial charge in [0.1, 0.15) is 5.82 Å². The number of hydrogen-bond acceptors (Lipinski definition) is 5. The lowest BCUT2D eigenvalue weighted by Gasteiger charge is -2.07. The van der Waals surface area contributed by atoms with Gasteiger partial charge in [-0.25, -0.2) is 9.97 Å². The highest BCUT2D eigenvalue weighted by atomic mass is 35.5. The topological polar surface area (TPSA) is 113 Å². The molecule has 9 heteroatoms. The quantitative estimate of drug-likeness (QED) is 0.405. The monoisotopic (exact) mass is 437 g/mol. The summed E-state index contributed by atoms with van der Waals surface area (Å²) in [4.78, 5) is 36.3. The van der Waals surface area contributed by atoms with Crippen LogP contribution in [0.1, 0.15) is 30.0 Å². The number of rotatable bonds is 5. The average molecular weight is 438 g/mol. The van der Waals surface area contributed by atoms with Gasteiger partial charge in [0, 0.05) is 17.2 Å². The van der Waals surface area contributed by atoms with Crippen LogP contribution in [-0.2, 0) is 4.79 Å². The number of halogens is 1. The number of nitrogens with one attached hydrogen (secondary N) is 3. The van der Waals surface area contributed by atoms with Crippen LogP contribution in [0.25, 0.3) is 22.6 Å². The molecule has 0 aliphatic rings. The van der Waals surface area contributed by atoms with Gasteiger partial charge in [-0.1, -0.05) is 25.4 Å². The van der Waals surface area contributed by atoms with Gasteiger partial charge in [-0.05, 0) is 42.8 Å². The molecule has 3 N–H and O–H groups in total. The Kier molecular flexibility index (Phi) is 5.48. The first-order valence-electron chi connectivity index (χ1n) is 9.63. The lowest BCUT2D eigenvalue weighted by Crippen LogP contribution is -2.17. The van der Waals surface area contributed by atoms with Crippen LogP contribution in [0.15, 0.2) is 47.2 Å². The number of hydrogen-bond donors (Lipinski definition) is 3. The molecule has 0 aliphatic heterocycles. The molecule has 0 radical (unpaired) electrons. The highest BCUT2D eigenvalue weighted by molar-refractivity contribution is 6.33. The van der Waals surface area contributed by atoms with Crippen LogP contribution in [0.2, 0.25) is 5.02 Å². The maximum Gasteiger partial charge on any atom is 0.291 e. The third kappa shape index (κ3) is 4.44. The van der Waals surface area contributed by atoms with Crippen LogP contribution < -0.4 is 10.6 Å². The fourth-order valence-electron chi connectivity index (χ4n) is 2.91. The van der Waals surface area contributed by atoms with Crippen molar-refractivity contribution in [3.63, 3.8) is 0 Å². The van der Waals surface area contributed by atoms with Gasteiger partial charge in [-0.15, -0.1) is 0 Å². The molecule has 0 bridgehead atoms. The lowest BCUT2D eigenvalue weighted by molar-refractivity contribution is -0.118. The number of aromatic nitrogens is 3. The van der Waals surface area contributed by atoms with Crippen molar-refractivity contribution in [1.29, 1.82) is 0 Å². The van der Waals surface area contributed by atoms with Gasteiger partial charge >= 0.3 is 0 Å². The van der Waals surface area contributed by atoms with Gasteiger partial charge in [0.2, 0.25) is 5.91 Å². The second-order valence-electron chi connectivity index (χ2n) is 7.46. The Morgan fingerprint density at radius 3 is 2.65 bits per heavy atom. The van der Waals surface area contributed by atoms with E-state index < -0.39 is 0 Å². The molecule has 31 heavy (non-hydrogen) atoms. The predicted molar refractivity (Wildman–Crippen MR) is 119 cm³/mol. The van der Waals surface area contributed by atoms with Crippen LogP contribution in [0, 0.1) is 12.8 Å². The minimum absolute atomic E-state index is 0.0980. The smallest absolute Gasteiger partial charge is 0.291 e. The fourth-order valence-corrected chi connectivity index (χ4v) is 3.12. The number of fused-ring (bicyclic) bond motifs is 1. The summed E-state index contributed by atoms with van der Waals surface area (Å²) in [6.07, 6.45) is 3.07. The van der Waals surface area contributed by atoms with E-state index in [-0.39, 0.29) is 23.5 Å². The van der Waals surface area contributed by atoms with Crippen LogP contribution in [0.4, 0.5) is 11.4 Å². The van der Waals surface area contributed by atoms with Crippen LogP contribution in [0.3, 0.4) is 0 Å². The van der Waals surface area contributed by atoms with E-state index in [1.54, 1.807) is 36.5 Å². The zero-order valence-corrected chi connectivity index (χ0v) is 17.9. The summed E-state index contributed by atoms with van der Waals surface area (Å²) >= 11 is 6.38. The molecule has 2 amide bonds. The van der Waals surface area contributed by atoms with Crippen LogP contribution >= 0.6 is 11.6 Å². The Morgan fingerprint density at radius 1 is 1.13 bits per heavy atom. The van der Waals surface area contributed by atoms with E-state index in [0.717, 1.165) is 5.56 Å². The third-order valence-corrected chi connectivity index (χ3v) is 4.89. The molecular formula is C22H20ClN5O3. The Bertz CT molecular complexity index is 1290. The van der Waals surface area contributed by atoms with E-state index in [9.17, 15) is 9.59 Å². The normalized spacial score (nSPS) is 11.1. The molecule has 0 saturated carbocycles. The van der Waals surface area contributed by atoms with Crippen molar-refractivity contribution in [1.82, 2.24) is 15.0 Å². The molecule has 1 aromatic carbocycles. The number of aromatic amines is 1. The number of H-pyrrole nitrogens is 1. The average Bonchev–Trinajstić information content (AvgIpc) is 3.35. The largest absolute Gasteiger partial charge is 0.459 e. The highest BCUT2D eigenvalue weighted by Gasteiger charge is 2.15. The van der Waals surface area contributed by atoms with E-state index in [1.807, 2.05) is 20.8 Å². The van der Waals surface area contributed by atoms with Gasteiger partial charge in [0.15, 0.2) is 11.4 Å². The van der Waals surface area contributed by atoms with E-state index >= 15 is 0 Å². The van der Waals surface area contributed by atoms with Gasteiger partial charge < -0.3 is 20.0 Å². The van der Waals surface area contributed by atoms with Crippen molar-refractivity contribution >= 4 is 46.0 Å². The second kappa shape index (κ2) is 8.23. The number of furan rings is 1.